The van der Waals surface area contributed by atoms with E-state index in [2.05, 4.69) is 16.4 Å². The SMILES string of the molecule is O=C(CCCc1ccc(Cl)cc1)NCCCc1cccnc1. The molecule has 0 aliphatic carbocycles. The maximum Gasteiger partial charge on any atom is 0.220 e. The lowest BCUT2D eigenvalue weighted by molar-refractivity contribution is -0.121. The molecule has 1 N–H and O–H groups in total. The van der Waals surface area contributed by atoms with E-state index in [9.17, 15) is 4.79 Å². The van der Waals surface area contributed by atoms with Crippen LogP contribution in [-0.4, -0.2) is 17.4 Å². The topological polar surface area (TPSA) is 42.0 Å². The predicted molar refractivity (Wildman–Crippen MR) is 90.0 cm³/mol. The lowest BCUT2D eigenvalue weighted by Crippen LogP contribution is -2.24. The second kappa shape index (κ2) is 9.21. The van der Waals surface area contributed by atoms with Gasteiger partial charge >= 0.3 is 0 Å². The Kier molecular flexibility index (Phi) is 6.91. The summed E-state index contributed by atoms with van der Waals surface area (Å²) in [5, 5.41) is 3.71. The summed E-state index contributed by atoms with van der Waals surface area (Å²) in [5.74, 6) is 0.125. The van der Waals surface area contributed by atoms with Gasteiger partial charge in [0.2, 0.25) is 5.91 Å². The summed E-state index contributed by atoms with van der Waals surface area (Å²) in [4.78, 5) is 15.8. The smallest absolute Gasteiger partial charge is 0.220 e. The number of rotatable bonds is 8. The summed E-state index contributed by atoms with van der Waals surface area (Å²) in [5.41, 5.74) is 2.42. The van der Waals surface area contributed by atoms with Crippen LogP contribution in [0.2, 0.25) is 5.02 Å². The molecule has 1 aromatic heterocycles. The van der Waals surface area contributed by atoms with Gasteiger partial charge in [-0.3, -0.25) is 9.78 Å². The number of carbonyl (C=O) groups is 1. The normalized spacial score (nSPS) is 10.4. The third-order valence-electron chi connectivity index (χ3n) is 3.47. The highest BCUT2D eigenvalue weighted by molar-refractivity contribution is 6.30. The van der Waals surface area contributed by atoms with E-state index in [0.717, 1.165) is 30.7 Å². The van der Waals surface area contributed by atoms with Crippen LogP contribution in [0.4, 0.5) is 0 Å². The predicted octanol–water partition coefficient (Wildman–Crippen LogP) is 3.81. The Morgan fingerprint density at radius 1 is 1.05 bits per heavy atom. The molecule has 22 heavy (non-hydrogen) atoms. The highest BCUT2D eigenvalue weighted by Gasteiger charge is 2.01. The van der Waals surface area contributed by atoms with Gasteiger partial charge in [0, 0.05) is 30.4 Å². The van der Waals surface area contributed by atoms with E-state index in [1.165, 1.54) is 11.1 Å². The first-order valence-corrected chi connectivity index (χ1v) is 8.02. The van der Waals surface area contributed by atoms with E-state index in [1.54, 1.807) is 6.20 Å². The molecule has 0 atom stereocenters. The van der Waals surface area contributed by atoms with Gasteiger partial charge in [-0.05, 0) is 55.0 Å². The molecule has 0 bridgehead atoms. The fourth-order valence-corrected chi connectivity index (χ4v) is 2.38. The van der Waals surface area contributed by atoms with Crippen LogP contribution >= 0.6 is 11.6 Å². The fraction of sp³-hybridized carbons (Fsp3) is 0.333. The molecule has 0 saturated heterocycles. The highest BCUT2D eigenvalue weighted by Crippen LogP contribution is 2.11. The van der Waals surface area contributed by atoms with Gasteiger partial charge in [-0.25, -0.2) is 0 Å². The van der Waals surface area contributed by atoms with Gasteiger partial charge in [-0.2, -0.15) is 0 Å². The summed E-state index contributed by atoms with van der Waals surface area (Å²) >= 11 is 5.84. The number of halogens is 1. The number of aromatic nitrogens is 1. The molecule has 1 heterocycles. The molecule has 0 spiro atoms. The summed E-state index contributed by atoms with van der Waals surface area (Å²) in [7, 11) is 0. The molecular formula is C18H21ClN2O. The standard InChI is InChI=1S/C18H21ClN2O/c19-17-10-8-15(9-11-17)4-1-7-18(22)21-13-3-6-16-5-2-12-20-14-16/h2,5,8-12,14H,1,3-4,6-7,13H2,(H,21,22). The summed E-state index contributed by atoms with van der Waals surface area (Å²) < 4.78 is 0. The van der Waals surface area contributed by atoms with Crippen LogP contribution in [0, 0.1) is 0 Å². The zero-order valence-electron chi connectivity index (χ0n) is 12.6. The molecule has 0 fully saturated rings. The quantitative estimate of drug-likeness (QED) is 0.752. The molecule has 4 heteroatoms. The molecule has 0 radical (unpaired) electrons. The molecule has 1 amide bonds. The molecular weight excluding hydrogens is 296 g/mol. The third-order valence-corrected chi connectivity index (χ3v) is 3.72. The lowest BCUT2D eigenvalue weighted by Gasteiger charge is -2.05. The van der Waals surface area contributed by atoms with Gasteiger partial charge in [-0.15, -0.1) is 0 Å². The Morgan fingerprint density at radius 3 is 2.55 bits per heavy atom. The van der Waals surface area contributed by atoms with Gasteiger partial charge in [-0.1, -0.05) is 29.8 Å². The van der Waals surface area contributed by atoms with Gasteiger partial charge < -0.3 is 5.32 Å². The molecule has 0 aliphatic rings. The zero-order valence-corrected chi connectivity index (χ0v) is 13.4. The van der Waals surface area contributed by atoms with E-state index >= 15 is 0 Å². The molecule has 0 unspecified atom stereocenters. The van der Waals surface area contributed by atoms with E-state index < -0.39 is 0 Å². The first kappa shape index (κ1) is 16.5. The van der Waals surface area contributed by atoms with E-state index in [4.69, 9.17) is 11.6 Å². The zero-order chi connectivity index (χ0) is 15.6. The largest absolute Gasteiger partial charge is 0.356 e. The van der Waals surface area contributed by atoms with E-state index in [-0.39, 0.29) is 5.91 Å². The van der Waals surface area contributed by atoms with Crippen LogP contribution in [-0.2, 0) is 17.6 Å². The first-order chi connectivity index (χ1) is 10.7. The number of pyridine rings is 1. The Hall–Kier alpha value is -1.87. The molecule has 116 valence electrons. The number of nitrogens with one attached hydrogen (secondary N) is 1. The Balaban J connectivity index is 1.55. The van der Waals surface area contributed by atoms with E-state index in [1.807, 2.05) is 36.5 Å². The van der Waals surface area contributed by atoms with Crippen molar-refractivity contribution in [2.24, 2.45) is 0 Å². The fourth-order valence-electron chi connectivity index (χ4n) is 2.26. The number of carbonyl (C=O) groups excluding carboxylic acids is 1. The maximum atomic E-state index is 11.8. The number of aryl methyl sites for hydroxylation is 2. The van der Waals surface area contributed by atoms with Crippen LogP contribution in [0.25, 0.3) is 0 Å². The van der Waals surface area contributed by atoms with Crippen molar-refractivity contribution in [2.45, 2.75) is 32.1 Å². The van der Waals surface area contributed by atoms with Crippen molar-refractivity contribution in [2.75, 3.05) is 6.54 Å². The molecule has 2 rings (SSSR count). The average Bonchev–Trinajstić information content (AvgIpc) is 2.54. The molecule has 0 aliphatic heterocycles. The average molecular weight is 317 g/mol. The monoisotopic (exact) mass is 316 g/mol. The molecule has 0 saturated carbocycles. The van der Waals surface area contributed by atoms with Crippen molar-refractivity contribution in [3.05, 3.63) is 64.9 Å². The minimum atomic E-state index is 0.125. The Labute approximate surface area is 136 Å². The summed E-state index contributed by atoms with van der Waals surface area (Å²) in [6.07, 6.45) is 7.85. The third kappa shape index (κ3) is 6.27. The molecule has 2 aromatic rings. The van der Waals surface area contributed by atoms with Crippen molar-refractivity contribution in [3.8, 4) is 0 Å². The number of hydrogen-bond acceptors (Lipinski definition) is 2. The molecule has 1 aromatic carbocycles. The van der Waals surface area contributed by atoms with Crippen molar-refractivity contribution in [1.29, 1.82) is 0 Å². The first-order valence-electron chi connectivity index (χ1n) is 7.64. The van der Waals surface area contributed by atoms with Gasteiger partial charge in [0.25, 0.3) is 0 Å². The van der Waals surface area contributed by atoms with Crippen molar-refractivity contribution in [1.82, 2.24) is 10.3 Å². The minimum Gasteiger partial charge on any atom is -0.356 e. The van der Waals surface area contributed by atoms with Crippen LogP contribution in [0.3, 0.4) is 0 Å². The van der Waals surface area contributed by atoms with Crippen LogP contribution in [0.5, 0.6) is 0 Å². The summed E-state index contributed by atoms with van der Waals surface area (Å²) in [6, 6.07) is 11.8. The van der Waals surface area contributed by atoms with Gasteiger partial charge in [0.1, 0.15) is 0 Å². The molecule has 3 nitrogen and oxygen atoms in total. The minimum absolute atomic E-state index is 0.125. The second-order valence-electron chi connectivity index (χ2n) is 5.29. The number of nitrogens with zero attached hydrogens (tertiary/aromatic N) is 1. The van der Waals surface area contributed by atoms with Gasteiger partial charge in [0.05, 0.1) is 0 Å². The Bertz CT molecular complexity index is 569. The summed E-state index contributed by atoms with van der Waals surface area (Å²) in [6.45, 7) is 0.717. The maximum absolute atomic E-state index is 11.8. The Morgan fingerprint density at radius 2 is 1.82 bits per heavy atom. The van der Waals surface area contributed by atoms with E-state index in [0.29, 0.717) is 13.0 Å². The van der Waals surface area contributed by atoms with Crippen LogP contribution < -0.4 is 5.32 Å². The highest BCUT2D eigenvalue weighted by atomic mass is 35.5. The van der Waals surface area contributed by atoms with Crippen molar-refractivity contribution in [3.63, 3.8) is 0 Å². The van der Waals surface area contributed by atoms with Crippen LogP contribution in [0.1, 0.15) is 30.4 Å². The second-order valence-corrected chi connectivity index (χ2v) is 5.73. The number of benzene rings is 1. The number of hydrogen-bond donors (Lipinski definition) is 1. The van der Waals surface area contributed by atoms with Gasteiger partial charge in [0.15, 0.2) is 0 Å². The van der Waals surface area contributed by atoms with Crippen molar-refractivity contribution >= 4 is 17.5 Å². The van der Waals surface area contributed by atoms with Crippen LogP contribution in [0.15, 0.2) is 48.8 Å². The lowest BCUT2D eigenvalue weighted by atomic mass is 10.1. The number of amides is 1. The van der Waals surface area contributed by atoms with Crippen molar-refractivity contribution < 1.29 is 4.79 Å².